The molecule has 0 saturated heterocycles. The molecule has 0 bridgehead atoms. The molecule has 0 unspecified atom stereocenters. The first-order chi connectivity index (χ1) is 15.4. The van der Waals surface area contributed by atoms with Gasteiger partial charge in [0.15, 0.2) is 0 Å². The normalized spacial score (nSPS) is 10.5. The van der Waals surface area contributed by atoms with Crippen LogP contribution in [-0.2, 0) is 4.79 Å². The van der Waals surface area contributed by atoms with E-state index in [1.165, 1.54) is 30.5 Å². The molecule has 0 saturated carbocycles. The largest absolute Gasteiger partial charge is 0.422 e. The Morgan fingerprint density at radius 2 is 1.72 bits per heavy atom. The third kappa shape index (κ3) is 6.23. The lowest BCUT2D eigenvalue weighted by molar-refractivity contribution is -0.384. The summed E-state index contributed by atoms with van der Waals surface area (Å²) < 4.78 is 5.38. The predicted octanol–water partition coefficient (Wildman–Crippen LogP) is 3.68. The number of esters is 1. The van der Waals surface area contributed by atoms with Crippen molar-refractivity contribution in [1.29, 1.82) is 0 Å². The summed E-state index contributed by atoms with van der Waals surface area (Å²) in [5, 5.41) is 17.6. The van der Waals surface area contributed by atoms with Gasteiger partial charge in [-0.15, -0.1) is 0 Å². The second kappa shape index (κ2) is 10.5. The van der Waals surface area contributed by atoms with Crippen molar-refractivity contribution in [3.8, 4) is 5.75 Å². The summed E-state index contributed by atoms with van der Waals surface area (Å²) in [5.74, 6) is -0.791. The molecule has 0 aliphatic carbocycles. The summed E-state index contributed by atoms with van der Waals surface area (Å²) in [6, 6.07) is 19.4. The van der Waals surface area contributed by atoms with Gasteiger partial charge in [-0.3, -0.25) is 14.9 Å². The number of amides is 1. The van der Waals surface area contributed by atoms with Gasteiger partial charge in [-0.2, -0.15) is 5.10 Å². The van der Waals surface area contributed by atoms with Gasteiger partial charge in [0.25, 0.3) is 11.6 Å². The summed E-state index contributed by atoms with van der Waals surface area (Å²) in [4.78, 5) is 34.5. The quantitative estimate of drug-likeness (QED) is 0.184. The highest BCUT2D eigenvalue weighted by Gasteiger charge is 2.13. The molecule has 0 fully saturated rings. The molecular weight excluding hydrogens is 412 g/mol. The SMILES string of the molecule is Cc1ccc(NCC(=O)N/N=C\c2ccccc2OC(=O)c2ccc([N+](=O)[O-])cc2)cc1. The summed E-state index contributed by atoms with van der Waals surface area (Å²) in [5.41, 5.74) is 4.85. The fourth-order valence-electron chi connectivity index (χ4n) is 2.63. The van der Waals surface area contributed by atoms with E-state index in [-0.39, 0.29) is 29.5 Å². The summed E-state index contributed by atoms with van der Waals surface area (Å²) >= 11 is 0. The number of anilines is 1. The van der Waals surface area contributed by atoms with Crippen molar-refractivity contribution in [1.82, 2.24) is 5.43 Å². The van der Waals surface area contributed by atoms with Crippen LogP contribution in [0.25, 0.3) is 0 Å². The van der Waals surface area contributed by atoms with Gasteiger partial charge < -0.3 is 10.1 Å². The first-order valence-electron chi connectivity index (χ1n) is 9.60. The lowest BCUT2D eigenvalue weighted by atomic mass is 10.2. The Hall–Kier alpha value is -4.53. The number of para-hydroxylation sites is 1. The average molecular weight is 432 g/mol. The highest BCUT2D eigenvalue weighted by atomic mass is 16.6. The third-order valence-electron chi connectivity index (χ3n) is 4.33. The minimum atomic E-state index is -0.674. The highest BCUT2D eigenvalue weighted by molar-refractivity contribution is 5.93. The van der Waals surface area contributed by atoms with Crippen molar-refractivity contribution >= 4 is 29.5 Å². The zero-order valence-electron chi connectivity index (χ0n) is 17.1. The number of nitrogens with one attached hydrogen (secondary N) is 2. The van der Waals surface area contributed by atoms with Crippen molar-refractivity contribution < 1.29 is 19.2 Å². The highest BCUT2D eigenvalue weighted by Crippen LogP contribution is 2.19. The van der Waals surface area contributed by atoms with E-state index in [1.807, 2.05) is 31.2 Å². The number of rotatable bonds is 8. The second-order valence-electron chi connectivity index (χ2n) is 6.74. The van der Waals surface area contributed by atoms with Crippen molar-refractivity contribution in [2.45, 2.75) is 6.92 Å². The number of carbonyl (C=O) groups excluding carboxylic acids is 2. The van der Waals surface area contributed by atoms with Crippen LogP contribution < -0.4 is 15.5 Å². The van der Waals surface area contributed by atoms with E-state index >= 15 is 0 Å². The Balaban J connectivity index is 1.57. The van der Waals surface area contributed by atoms with E-state index in [0.29, 0.717) is 5.56 Å². The molecule has 1 amide bonds. The first kappa shape index (κ1) is 22.2. The number of nitrogens with zero attached hydrogens (tertiary/aromatic N) is 2. The maximum absolute atomic E-state index is 12.4. The van der Waals surface area contributed by atoms with Gasteiger partial charge in [-0.05, 0) is 43.3 Å². The van der Waals surface area contributed by atoms with Gasteiger partial charge in [0.2, 0.25) is 0 Å². The van der Waals surface area contributed by atoms with Crippen molar-refractivity contribution in [2.75, 3.05) is 11.9 Å². The minimum absolute atomic E-state index is 0.0389. The van der Waals surface area contributed by atoms with Crippen LogP contribution in [0.15, 0.2) is 77.9 Å². The van der Waals surface area contributed by atoms with Crippen LogP contribution in [0.5, 0.6) is 5.75 Å². The Labute approximate surface area is 183 Å². The molecule has 3 aromatic carbocycles. The molecular formula is C23H20N4O5. The fraction of sp³-hybridized carbons (Fsp3) is 0.0870. The monoisotopic (exact) mass is 432 g/mol. The molecule has 0 aromatic heterocycles. The van der Waals surface area contributed by atoms with Gasteiger partial charge in [-0.25, -0.2) is 10.2 Å². The van der Waals surface area contributed by atoms with Crippen LogP contribution in [0.3, 0.4) is 0 Å². The lowest BCUT2D eigenvalue weighted by Crippen LogP contribution is -2.25. The number of hydrogen-bond donors (Lipinski definition) is 2. The number of hydrazone groups is 1. The van der Waals surface area contributed by atoms with Gasteiger partial charge in [0.05, 0.1) is 23.2 Å². The molecule has 0 heterocycles. The number of nitro benzene ring substituents is 1. The molecule has 162 valence electrons. The topological polar surface area (TPSA) is 123 Å². The molecule has 0 atom stereocenters. The second-order valence-corrected chi connectivity index (χ2v) is 6.74. The number of nitro groups is 1. The molecule has 9 nitrogen and oxygen atoms in total. The van der Waals surface area contributed by atoms with E-state index in [9.17, 15) is 19.7 Å². The molecule has 3 rings (SSSR count). The van der Waals surface area contributed by atoms with E-state index in [1.54, 1.807) is 24.3 Å². The summed E-state index contributed by atoms with van der Waals surface area (Å²) in [6.45, 7) is 2.02. The van der Waals surface area contributed by atoms with E-state index < -0.39 is 10.9 Å². The average Bonchev–Trinajstić information content (AvgIpc) is 2.80. The Bertz CT molecular complexity index is 1140. The maximum Gasteiger partial charge on any atom is 0.343 e. The Morgan fingerprint density at radius 1 is 1.03 bits per heavy atom. The first-order valence-corrected chi connectivity index (χ1v) is 9.60. The molecule has 0 radical (unpaired) electrons. The lowest BCUT2D eigenvalue weighted by Gasteiger charge is -2.07. The molecule has 3 aromatic rings. The van der Waals surface area contributed by atoms with E-state index in [2.05, 4.69) is 15.8 Å². The maximum atomic E-state index is 12.4. The van der Waals surface area contributed by atoms with E-state index in [0.717, 1.165) is 11.3 Å². The van der Waals surface area contributed by atoms with Gasteiger partial charge >= 0.3 is 5.97 Å². The van der Waals surface area contributed by atoms with Gasteiger partial charge in [-0.1, -0.05) is 29.8 Å². The van der Waals surface area contributed by atoms with Crippen LogP contribution >= 0.6 is 0 Å². The molecule has 0 aliphatic rings. The number of benzene rings is 3. The van der Waals surface area contributed by atoms with Crippen LogP contribution in [-0.4, -0.2) is 29.6 Å². The van der Waals surface area contributed by atoms with Crippen molar-refractivity contribution in [2.24, 2.45) is 5.10 Å². The summed E-state index contributed by atoms with van der Waals surface area (Å²) in [7, 11) is 0. The van der Waals surface area contributed by atoms with E-state index in [4.69, 9.17) is 4.74 Å². The van der Waals surface area contributed by atoms with Crippen LogP contribution in [0.1, 0.15) is 21.5 Å². The molecule has 2 N–H and O–H groups in total. The Morgan fingerprint density at radius 3 is 2.41 bits per heavy atom. The van der Waals surface area contributed by atoms with Crippen molar-refractivity contribution in [3.63, 3.8) is 0 Å². The molecule has 0 spiro atoms. The van der Waals surface area contributed by atoms with Crippen LogP contribution in [0.2, 0.25) is 0 Å². The van der Waals surface area contributed by atoms with Gasteiger partial charge in [0, 0.05) is 23.4 Å². The van der Waals surface area contributed by atoms with Crippen molar-refractivity contribution in [3.05, 3.63) is 99.6 Å². The molecule has 0 aliphatic heterocycles. The fourth-order valence-corrected chi connectivity index (χ4v) is 2.63. The zero-order valence-corrected chi connectivity index (χ0v) is 17.1. The summed E-state index contributed by atoms with van der Waals surface area (Å²) in [6.07, 6.45) is 1.36. The number of hydrogen-bond acceptors (Lipinski definition) is 7. The standard InChI is InChI=1S/C23H20N4O5/c1-16-6-10-19(11-7-16)24-15-22(28)26-25-14-18-4-2-3-5-21(18)32-23(29)17-8-12-20(13-9-17)27(30)31/h2-14,24H,15H2,1H3,(H,26,28)/b25-14-. The zero-order chi connectivity index (χ0) is 22.9. The number of ether oxygens (including phenoxy) is 1. The predicted molar refractivity (Wildman–Crippen MR) is 120 cm³/mol. The third-order valence-corrected chi connectivity index (χ3v) is 4.33. The van der Waals surface area contributed by atoms with Crippen LogP contribution in [0, 0.1) is 17.0 Å². The smallest absolute Gasteiger partial charge is 0.343 e. The number of carbonyl (C=O) groups is 2. The number of non-ortho nitro benzene ring substituents is 1. The minimum Gasteiger partial charge on any atom is -0.422 e. The molecule has 32 heavy (non-hydrogen) atoms. The molecule has 9 heteroatoms. The Kier molecular flexibility index (Phi) is 7.26. The number of aryl methyl sites for hydroxylation is 1. The van der Waals surface area contributed by atoms with Gasteiger partial charge in [0.1, 0.15) is 5.75 Å². The van der Waals surface area contributed by atoms with Crippen LogP contribution in [0.4, 0.5) is 11.4 Å².